The van der Waals surface area contributed by atoms with Crippen molar-refractivity contribution in [2.45, 2.75) is 45.4 Å². The molecule has 0 fully saturated rings. The smallest absolute Gasteiger partial charge is 0.431 e. The number of imide groups is 1. The van der Waals surface area contributed by atoms with E-state index >= 15 is 0 Å². The summed E-state index contributed by atoms with van der Waals surface area (Å²) >= 11 is 0. The van der Waals surface area contributed by atoms with Crippen molar-refractivity contribution in [3.8, 4) is 5.75 Å². The van der Waals surface area contributed by atoms with Crippen molar-refractivity contribution in [2.24, 2.45) is 5.84 Å². The van der Waals surface area contributed by atoms with E-state index in [-0.39, 0.29) is 17.9 Å². The topological polar surface area (TPSA) is 92.9 Å². The highest BCUT2D eigenvalue weighted by Gasteiger charge is 2.20. The number of phenolic OH excluding ortho intramolecular Hbond substituents is 1. The third kappa shape index (κ3) is 6.13. The summed E-state index contributed by atoms with van der Waals surface area (Å²) in [5.41, 5.74) is 0.205. The first-order valence-corrected chi connectivity index (χ1v) is 7.61. The van der Waals surface area contributed by atoms with Crippen LogP contribution in [0.1, 0.15) is 55.8 Å². The Morgan fingerprint density at radius 3 is 2.32 bits per heavy atom. The number of nitrogens with zero attached hydrogens (tertiary/aromatic N) is 1. The summed E-state index contributed by atoms with van der Waals surface area (Å²) in [4.78, 5) is 23.6. The average molecular weight is 308 g/mol. The van der Waals surface area contributed by atoms with Crippen molar-refractivity contribution in [1.82, 2.24) is 5.01 Å². The number of nitrogens with two attached hydrogens (primary N) is 1. The number of carbonyl (C=O) groups is 2. The number of rotatable bonds is 8. The highest BCUT2D eigenvalue weighted by atomic mass is 16.6. The fraction of sp³-hybridized carbons (Fsp3) is 0.500. The number of hydrazine groups is 1. The maximum absolute atomic E-state index is 11.9. The molecule has 0 spiro atoms. The quantitative estimate of drug-likeness (QED) is 0.333. The van der Waals surface area contributed by atoms with Crippen molar-refractivity contribution in [1.29, 1.82) is 0 Å². The number of hydrogen-bond acceptors (Lipinski definition) is 5. The molecular formula is C16H24N2O4. The summed E-state index contributed by atoms with van der Waals surface area (Å²) in [6.45, 7) is 2.41. The van der Waals surface area contributed by atoms with Crippen LogP contribution in [-0.2, 0) is 4.74 Å². The standard InChI is InChI=1S/C16H24N2O4/c1-2-3-4-5-6-7-12-22-16(21)18(17)15(20)13-8-10-14(19)11-9-13/h8-11,19H,2-7,12,17H2,1H3. The van der Waals surface area contributed by atoms with Crippen molar-refractivity contribution < 1.29 is 19.4 Å². The minimum absolute atomic E-state index is 0.0331. The zero-order valence-electron chi connectivity index (χ0n) is 13.0. The monoisotopic (exact) mass is 308 g/mol. The first-order chi connectivity index (χ1) is 10.6. The molecule has 0 aliphatic heterocycles. The van der Waals surface area contributed by atoms with E-state index < -0.39 is 12.0 Å². The Kier molecular flexibility index (Phi) is 7.99. The van der Waals surface area contributed by atoms with Gasteiger partial charge >= 0.3 is 6.09 Å². The molecule has 3 N–H and O–H groups in total. The van der Waals surface area contributed by atoms with Gasteiger partial charge in [0.1, 0.15) is 5.75 Å². The molecular weight excluding hydrogens is 284 g/mol. The lowest BCUT2D eigenvalue weighted by Gasteiger charge is -2.14. The SMILES string of the molecule is CCCCCCCCOC(=O)N(N)C(=O)c1ccc(O)cc1. The number of benzene rings is 1. The van der Waals surface area contributed by atoms with Crippen molar-refractivity contribution >= 4 is 12.0 Å². The average Bonchev–Trinajstić information content (AvgIpc) is 2.53. The highest BCUT2D eigenvalue weighted by molar-refractivity contribution is 6.02. The molecule has 1 aromatic rings. The van der Waals surface area contributed by atoms with Gasteiger partial charge in [0.25, 0.3) is 5.91 Å². The minimum atomic E-state index is -0.869. The van der Waals surface area contributed by atoms with Crippen LogP contribution >= 0.6 is 0 Å². The second kappa shape index (κ2) is 9.78. The number of unbranched alkanes of at least 4 members (excludes halogenated alkanes) is 5. The van der Waals surface area contributed by atoms with Crippen LogP contribution in [0.3, 0.4) is 0 Å². The molecule has 0 radical (unpaired) electrons. The largest absolute Gasteiger partial charge is 0.508 e. The maximum atomic E-state index is 11.9. The lowest BCUT2D eigenvalue weighted by atomic mass is 10.1. The van der Waals surface area contributed by atoms with E-state index in [1.54, 1.807) is 0 Å². The zero-order chi connectivity index (χ0) is 16.4. The van der Waals surface area contributed by atoms with Gasteiger partial charge in [0.2, 0.25) is 0 Å². The van der Waals surface area contributed by atoms with Gasteiger partial charge in [0.05, 0.1) is 6.61 Å². The van der Waals surface area contributed by atoms with Gasteiger partial charge in [-0.15, -0.1) is 0 Å². The van der Waals surface area contributed by atoms with Crippen LogP contribution in [0.4, 0.5) is 4.79 Å². The Morgan fingerprint density at radius 2 is 1.68 bits per heavy atom. The predicted molar refractivity (Wildman–Crippen MR) is 83.2 cm³/mol. The fourth-order valence-electron chi connectivity index (χ4n) is 1.94. The molecule has 2 amide bonds. The molecule has 0 bridgehead atoms. The van der Waals surface area contributed by atoms with Crippen LogP contribution in [0.15, 0.2) is 24.3 Å². The van der Waals surface area contributed by atoms with Gasteiger partial charge in [-0.3, -0.25) is 4.79 Å². The number of ether oxygens (including phenoxy) is 1. The molecule has 0 saturated heterocycles. The molecule has 6 nitrogen and oxygen atoms in total. The van der Waals surface area contributed by atoms with Gasteiger partial charge < -0.3 is 9.84 Å². The summed E-state index contributed by atoms with van der Waals surface area (Å²) in [5.74, 6) is 4.82. The molecule has 122 valence electrons. The maximum Gasteiger partial charge on any atom is 0.431 e. The number of carbonyl (C=O) groups excluding carboxylic acids is 2. The fourth-order valence-corrected chi connectivity index (χ4v) is 1.94. The van der Waals surface area contributed by atoms with Crippen LogP contribution < -0.4 is 5.84 Å². The molecule has 0 saturated carbocycles. The normalized spacial score (nSPS) is 10.3. The Labute approximate surface area is 130 Å². The van der Waals surface area contributed by atoms with Crippen LogP contribution in [-0.4, -0.2) is 28.7 Å². The molecule has 22 heavy (non-hydrogen) atoms. The van der Waals surface area contributed by atoms with Crippen molar-refractivity contribution in [3.63, 3.8) is 0 Å². The van der Waals surface area contributed by atoms with Gasteiger partial charge in [-0.2, -0.15) is 5.01 Å². The number of aromatic hydroxyl groups is 1. The highest BCUT2D eigenvalue weighted by Crippen LogP contribution is 2.11. The zero-order valence-corrected chi connectivity index (χ0v) is 13.0. The first kappa shape index (κ1) is 18.0. The molecule has 0 aromatic heterocycles. The van der Waals surface area contributed by atoms with E-state index in [0.717, 1.165) is 19.3 Å². The lowest BCUT2D eigenvalue weighted by molar-refractivity contribution is 0.0656. The van der Waals surface area contributed by atoms with Crippen LogP contribution in [0, 0.1) is 0 Å². The van der Waals surface area contributed by atoms with Crippen LogP contribution in [0.5, 0.6) is 5.75 Å². The Morgan fingerprint density at radius 1 is 1.09 bits per heavy atom. The van der Waals surface area contributed by atoms with Crippen LogP contribution in [0.25, 0.3) is 0 Å². The van der Waals surface area contributed by atoms with Gasteiger partial charge in [0.15, 0.2) is 0 Å². The molecule has 0 heterocycles. The van der Waals surface area contributed by atoms with E-state index in [1.165, 1.54) is 43.5 Å². The molecule has 0 aliphatic rings. The third-order valence-electron chi connectivity index (χ3n) is 3.25. The van der Waals surface area contributed by atoms with Gasteiger partial charge in [0, 0.05) is 5.56 Å². The third-order valence-corrected chi connectivity index (χ3v) is 3.25. The van der Waals surface area contributed by atoms with E-state index in [9.17, 15) is 9.59 Å². The second-order valence-electron chi connectivity index (χ2n) is 5.10. The first-order valence-electron chi connectivity index (χ1n) is 7.61. The molecule has 0 unspecified atom stereocenters. The Balaban J connectivity index is 2.29. The lowest BCUT2D eigenvalue weighted by Crippen LogP contribution is -2.43. The van der Waals surface area contributed by atoms with E-state index in [4.69, 9.17) is 15.7 Å². The summed E-state index contributed by atoms with van der Waals surface area (Å²) in [6, 6.07) is 5.47. The predicted octanol–water partition coefficient (Wildman–Crippen LogP) is 3.21. The number of phenols is 1. The summed E-state index contributed by atoms with van der Waals surface area (Å²) in [6.07, 6.45) is 5.59. The Hall–Kier alpha value is -2.08. The van der Waals surface area contributed by atoms with E-state index in [1.807, 2.05) is 0 Å². The molecule has 6 heteroatoms. The molecule has 0 atom stereocenters. The minimum Gasteiger partial charge on any atom is -0.508 e. The van der Waals surface area contributed by atoms with Gasteiger partial charge in [-0.25, -0.2) is 10.6 Å². The van der Waals surface area contributed by atoms with Crippen molar-refractivity contribution in [3.05, 3.63) is 29.8 Å². The molecule has 1 aromatic carbocycles. The number of hydrogen-bond donors (Lipinski definition) is 2. The summed E-state index contributed by atoms with van der Waals surface area (Å²) in [7, 11) is 0. The number of amides is 2. The summed E-state index contributed by atoms with van der Waals surface area (Å²) < 4.78 is 4.97. The van der Waals surface area contributed by atoms with Crippen LogP contribution in [0.2, 0.25) is 0 Å². The second-order valence-corrected chi connectivity index (χ2v) is 5.10. The molecule has 0 aliphatic carbocycles. The Bertz CT molecular complexity index is 474. The van der Waals surface area contributed by atoms with E-state index in [0.29, 0.717) is 5.01 Å². The van der Waals surface area contributed by atoms with Crippen molar-refractivity contribution in [2.75, 3.05) is 6.61 Å². The van der Waals surface area contributed by atoms with Gasteiger partial charge in [-0.1, -0.05) is 39.0 Å². The summed E-state index contributed by atoms with van der Waals surface area (Å²) in [5, 5.41) is 9.61. The van der Waals surface area contributed by atoms with Gasteiger partial charge in [-0.05, 0) is 30.7 Å². The van der Waals surface area contributed by atoms with E-state index in [2.05, 4.69) is 6.92 Å². The molecule has 1 rings (SSSR count).